The molecular formula is C18H18N2O4S2. The summed E-state index contributed by atoms with van der Waals surface area (Å²) in [6.45, 7) is 1.89. The summed E-state index contributed by atoms with van der Waals surface area (Å²) >= 11 is 1.31. The van der Waals surface area contributed by atoms with Crippen molar-refractivity contribution in [3.8, 4) is 5.75 Å². The Morgan fingerprint density at radius 1 is 1.19 bits per heavy atom. The lowest BCUT2D eigenvalue weighted by Crippen LogP contribution is -2.17. The Bertz CT molecular complexity index is 1040. The van der Waals surface area contributed by atoms with Gasteiger partial charge in [0, 0.05) is 6.42 Å². The first-order valence-electron chi connectivity index (χ1n) is 7.92. The van der Waals surface area contributed by atoms with Crippen molar-refractivity contribution in [2.24, 2.45) is 0 Å². The zero-order valence-electron chi connectivity index (χ0n) is 14.4. The van der Waals surface area contributed by atoms with Crippen molar-refractivity contribution in [2.75, 3.05) is 18.2 Å². The van der Waals surface area contributed by atoms with Crippen LogP contribution in [0.5, 0.6) is 5.75 Å². The third-order valence-electron chi connectivity index (χ3n) is 3.83. The Labute approximate surface area is 155 Å². The SMILES string of the molecule is COc1cccc2sc(NC(=O)CCS(=O)(=O)c3ccc(C)cc3)nc12. The number of anilines is 1. The van der Waals surface area contributed by atoms with Crippen LogP contribution < -0.4 is 10.1 Å². The maximum Gasteiger partial charge on any atom is 0.227 e. The summed E-state index contributed by atoms with van der Waals surface area (Å²) in [7, 11) is -1.94. The van der Waals surface area contributed by atoms with Crippen LogP contribution in [0.15, 0.2) is 47.4 Å². The van der Waals surface area contributed by atoms with E-state index < -0.39 is 15.7 Å². The Morgan fingerprint density at radius 2 is 1.92 bits per heavy atom. The second-order valence-corrected chi connectivity index (χ2v) is 8.90. The van der Waals surface area contributed by atoms with E-state index in [-0.39, 0.29) is 17.1 Å². The fourth-order valence-corrected chi connectivity index (χ4v) is 4.55. The van der Waals surface area contributed by atoms with E-state index in [0.717, 1.165) is 10.3 Å². The molecule has 8 heteroatoms. The topological polar surface area (TPSA) is 85.4 Å². The minimum atomic E-state index is -3.50. The quantitative estimate of drug-likeness (QED) is 0.697. The molecule has 0 saturated carbocycles. The second kappa shape index (κ2) is 7.43. The van der Waals surface area contributed by atoms with Gasteiger partial charge in [0.1, 0.15) is 11.3 Å². The molecule has 1 N–H and O–H groups in total. The summed E-state index contributed by atoms with van der Waals surface area (Å²) in [5.74, 6) is -0.0178. The third kappa shape index (κ3) is 4.03. The molecular weight excluding hydrogens is 372 g/mol. The number of aryl methyl sites for hydroxylation is 1. The summed E-state index contributed by atoms with van der Waals surface area (Å²) in [5.41, 5.74) is 1.65. The number of thiazole rings is 1. The molecule has 0 fully saturated rings. The summed E-state index contributed by atoms with van der Waals surface area (Å²) < 4.78 is 30.8. The van der Waals surface area contributed by atoms with Crippen molar-refractivity contribution < 1.29 is 17.9 Å². The van der Waals surface area contributed by atoms with Gasteiger partial charge in [-0.05, 0) is 31.2 Å². The minimum absolute atomic E-state index is 0.136. The predicted molar refractivity (Wildman–Crippen MR) is 103 cm³/mol. The third-order valence-corrected chi connectivity index (χ3v) is 6.49. The van der Waals surface area contributed by atoms with E-state index in [0.29, 0.717) is 16.4 Å². The number of nitrogens with one attached hydrogen (secondary N) is 1. The summed E-state index contributed by atoms with van der Waals surface area (Å²) in [6, 6.07) is 12.1. The van der Waals surface area contributed by atoms with Crippen LogP contribution in [0.4, 0.5) is 5.13 Å². The Hall–Kier alpha value is -2.45. The molecule has 0 aliphatic rings. The molecule has 0 radical (unpaired) electrons. The standard InChI is InChI=1S/C18H18N2O4S2/c1-12-6-8-13(9-7-12)26(22,23)11-10-16(21)19-18-20-17-14(24-2)4-3-5-15(17)25-18/h3-9H,10-11H2,1-2H3,(H,19,20,21). The first kappa shape index (κ1) is 18.3. The molecule has 1 amide bonds. The predicted octanol–water partition coefficient (Wildman–Crippen LogP) is 3.42. The lowest BCUT2D eigenvalue weighted by molar-refractivity contribution is -0.115. The van der Waals surface area contributed by atoms with Crippen molar-refractivity contribution >= 4 is 42.4 Å². The van der Waals surface area contributed by atoms with Gasteiger partial charge in [-0.25, -0.2) is 13.4 Å². The van der Waals surface area contributed by atoms with E-state index in [1.165, 1.54) is 11.3 Å². The number of benzene rings is 2. The van der Waals surface area contributed by atoms with Gasteiger partial charge in [-0.1, -0.05) is 35.1 Å². The second-order valence-electron chi connectivity index (χ2n) is 5.76. The molecule has 1 heterocycles. The van der Waals surface area contributed by atoms with Gasteiger partial charge in [0.15, 0.2) is 15.0 Å². The van der Waals surface area contributed by atoms with Gasteiger partial charge in [-0.3, -0.25) is 4.79 Å². The Kier molecular flexibility index (Phi) is 5.24. The number of para-hydroxylation sites is 1. The van der Waals surface area contributed by atoms with Crippen LogP contribution in [-0.2, 0) is 14.6 Å². The normalized spacial score (nSPS) is 11.5. The smallest absolute Gasteiger partial charge is 0.227 e. The maximum atomic E-state index is 12.3. The number of methoxy groups -OCH3 is 1. The van der Waals surface area contributed by atoms with Crippen molar-refractivity contribution in [2.45, 2.75) is 18.2 Å². The number of aromatic nitrogens is 1. The van der Waals surface area contributed by atoms with Crippen molar-refractivity contribution in [3.05, 3.63) is 48.0 Å². The van der Waals surface area contributed by atoms with Gasteiger partial charge in [-0.15, -0.1) is 0 Å². The molecule has 0 bridgehead atoms. The van der Waals surface area contributed by atoms with Gasteiger partial charge >= 0.3 is 0 Å². The molecule has 2 aromatic carbocycles. The number of carbonyl (C=O) groups is 1. The number of hydrogen-bond acceptors (Lipinski definition) is 6. The van der Waals surface area contributed by atoms with Crippen LogP contribution in [0, 0.1) is 6.92 Å². The van der Waals surface area contributed by atoms with E-state index in [9.17, 15) is 13.2 Å². The van der Waals surface area contributed by atoms with Gasteiger partial charge in [0.05, 0.1) is 22.5 Å². The first-order valence-corrected chi connectivity index (χ1v) is 10.4. The van der Waals surface area contributed by atoms with Crippen LogP contribution in [0.2, 0.25) is 0 Å². The average molecular weight is 390 g/mol. The zero-order chi connectivity index (χ0) is 18.7. The number of sulfone groups is 1. The molecule has 0 unspecified atom stereocenters. The Balaban J connectivity index is 1.66. The lowest BCUT2D eigenvalue weighted by Gasteiger charge is -2.05. The molecule has 0 aliphatic heterocycles. The molecule has 3 rings (SSSR count). The maximum absolute atomic E-state index is 12.3. The highest BCUT2D eigenvalue weighted by molar-refractivity contribution is 7.91. The molecule has 0 aliphatic carbocycles. The lowest BCUT2D eigenvalue weighted by atomic mass is 10.2. The van der Waals surface area contributed by atoms with E-state index in [2.05, 4.69) is 10.3 Å². The molecule has 6 nitrogen and oxygen atoms in total. The number of amides is 1. The highest BCUT2D eigenvalue weighted by Crippen LogP contribution is 2.32. The molecule has 0 spiro atoms. The van der Waals surface area contributed by atoms with Crippen LogP contribution in [0.3, 0.4) is 0 Å². The van der Waals surface area contributed by atoms with E-state index in [1.54, 1.807) is 37.4 Å². The van der Waals surface area contributed by atoms with Gasteiger partial charge < -0.3 is 10.1 Å². The molecule has 3 aromatic rings. The van der Waals surface area contributed by atoms with Gasteiger partial charge in [0.25, 0.3) is 0 Å². The number of hydrogen-bond donors (Lipinski definition) is 1. The molecule has 1 aromatic heterocycles. The first-order chi connectivity index (χ1) is 12.4. The number of fused-ring (bicyclic) bond motifs is 1. The average Bonchev–Trinajstić information content (AvgIpc) is 3.02. The monoisotopic (exact) mass is 390 g/mol. The molecule has 136 valence electrons. The van der Waals surface area contributed by atoms with Gasteiger partial charge in [0.2, 0.25) is 5.91 Å². The molecule has 0 saturated heterocycles. The fraction of sp³-hybridized carbons (Fsp3) is 0.222. The number of ether oxygens (including phenoxy) is 1. The van der Waals surface area contributed by atoms with Crippen LogP contribution >= 0.6 is 11.3 Å². The highest BCUT2D eigenvalue weighted by atomic mass is 32.2. The van der Waals surface area contributed by atoms with Crippen LogP contribution in [0.25, 0.3) is 10.2 Å². The van der Waals surface area contributed by atoms with Crippen LogP contribution in [-0.4, -0.2) is 32.2 Å². The number of rotatable bonds is 6. The summed E-state index contributed by atoms with van der Waals surface area (Å²) in [5, 5.41) is 3.08. The van der Waals surface area contributed by atoms with Crippen molar-refractivity contribution in [1.29, 1.82) is 0 Å². The highest BCUT2D eigenvalue weighted by Gasteiger charge is 2.17. The van der Waals surface area contributed by atoms with Gasteiger partial charge in [-0.2, -0.15) is 0 Å². The van der Waals surface area contributed by atoms with E-state index in [4.69, 9.17) is 4.74 Å². The molecule has 26 heavy (non-hydrogen) atoms. The number of nitrogens with zero attached hydrogens (tertiary/aromatic N) is 1. The van der Waals surface area contributed by atoms with E-state index in [1.807, 2.05) is 19.1 Å². The summed E-state index contributed by atoms with van der Waals surface area (Å²) in [4.78, 5) is 16.7. The molecule has 0 atom stereocenters. The summed E-state index contributed by atoms with van der Waals surface area (Å²) in [6.07, 6.45) is -0.136. The minimum Gasteiger partial charge on any atom is -0.494 e. The Morgan fingerprint density at radius 3 is 2.62 bits per heavy atom. The number of carbonyl (C=O) groups excluding carboxylic acids is 1. The van der Waals surface area contributed by atoms with Crippen molar-refractivity contribution in [3.63, 3.8) is 0 Å². The van der Waals surface area contributed by atoms with Crippen molar-refractivity contribution in [1.82, 2.24) is 4.98 Å². The van der Waals surface area contributed by atoms with E-state index >= 15 is 0 Å². The zero-order valence-corrected chi connectivity index (χ0v) is 16.0. The van der Waals surface area contributed by atoms with Crippen LogP contribution in [0.1, 0.15) is 12.0 Å². The fourth-order valence-electron chi connectivity index (χ4n) is 2.41. The largest absolute Gasteiger partial charge is 0.494 e.